The largest absolute Gasteiger partial charge is 0.287 e. The van der Waals surface area contributed by atoms with Gasteiger partial charge in [-0.2, -0.15) is 19.7 Å². The zero-order valence-electron chi connectivity index (χ0n) is 12.7. The van der Waals surface area contributed by atoms with E-state index < -0.39 is 10.9 Å². The molecule has 0 saturated heterocycles. The minimum atomic E-state index is -0.592. The Hall–Kier alpha value is -3.21. The molecule has 0 amide bonds. The first-order chi connectivity index (χ1) is 11.5. The van der Waals surface area contributed by atoms with Crippen molar-refractivity contribution < 1.29 is 0 Å². The van der Waals surface area contributed by atoms with Gasteiger partial charge in [-0.15, -0.1) is 0 Å². The zero-order chi connectivity index (χ0) is 17.1. The van der Waals surface area contributed by atoms with E-state index in [4.69, 9.17) is 0 Å². The molecular formula is C13H12N8O2S. The fourth-order valence-electron chi connectivity index (χ4n) is 1.78. The van der Waals surface area contributed by atoms with Crippen LogP contribution in [0.5, 0.6) is 0 Å². The molecule has 3 rings (SSSR count). The molecule has 0 aliphatic rings. The van der Waals surface area contributed by atoms with E-state index >= 15 is 0 Å². The number of aromatic nitrogens is 4. The fourth-order valence-corrected chi connectivity index (χ4v) is 2.30. The number of benzene rings is 1. The van der Waals surface area contributed by atoms with Gasteiger partial charge >= 0.3 is 0 Å². The molecule has 0 saturated carbocycles. The van der Waals surface area contributed by atoms with Crippen molar-refractivity contribution >= 4 is 22.5 Å². The van der Waals surface area contributed by atoms with Crippen LogP contribution in [0, 0.1) is 6.92 Å². The number of aryl methyl sites for hydroxylation is 2. The highest BCUT2D eigenvalue weighted by molar-refractivity contribution is 7.09. The molecule has 0 radical (unpaired) electrons. The summed E-state index contributed by atoms with van der Waals surface area (Å²) in [4.78, 5) is 28.3. The van der Waals surface area contributed by atoms with Gasteiger partial charge in [-0.25, -0.2) is 4.98 Å². The van der Waals surface area contributed by atoms with Crippen molar-refractivity contribution in [1.29, 1.82) is 0 Å². The third-order valence-electron chi connectivity index (χ3n) is 2.98. The predicted molar refractivity (Wildman–Crippen MR) is 87.6 cm³/mol. The lowest BCUT2D eigenvalue weighted by molar-refractivity contribution is 0.770. The average molecular weight is 344 g/mol. The molecule has 24 heavy (non-hydrogen) atoms. The molecule has 0 aliphatic carbocycles. The fraction of sp³-hybridized carbons (Fsp3) is 0.154. The monoisotopic (exact) mass is 344 g/mol. The van der Waals surface area contributed by atoms with Crippen LogP contribution in [0.4, 0.5) is 10.9 Å². The van der Waals surface area contributed by atoms with Crippen LogP contribution in [0.15, 0.2) is 44.2 Å². The van der Waals surface area contributed by atoms with Gasteiger partial charge in [-0.05, 0) is 19.1 Å². The third-order valence-corrected chi connectivity index (χ3v) is 3.69. The van der Waals surface area contributed by atoms with E-state index in [-0.39, 0.29) is 10.7 Å². The molecule has 2 aromatic heterocycles. The maximum absolute atomic E-state index is 12.3. The normalized spacial score (nSPS) is 12.6. The van der Waals surface area contributed by atoms with Gasteiger partial charge in [0.25, 0.3) is 0 Å². The number of nitrogens with zero attached hydrogens (tertiary/aromatic N) is 6. The van der Waals surface area contributed by atoms with Crippen LogP contribution < -0.4 is 32.4 Å². The van der Waals surface area contributed by atoms with Crippen molar-refractivity contribution in [2.45, 2.75) is 6.92 Å². The smallest absolute Gasteiger partial charge is 0.237 e. The van der Waals surface area contributed by atoms with Crippen LogP contribution in [-0.4, -0.2) is 19.1 Å². The average Bonchev–Trinajstić information content (AvgIpc) is 3.15. The van der Waals surface area contributed by atoms with Crippen molar-refractivity contribution in [3.05, 3.63) is 61.4 Å². The molecule has 0 bridgehead atoms. The Bertz CT molecular complexity index is 1090. The molecule has 0 spiro atoms. The summed E-state index contributed by atoms with van der Waals surface area (Å²) in [6.07, 6.45) is 1.56. The first-order valence-electron chi connectivity index (χ1n) is 6.77. The van der Waals surface area contributed by atoms with Gasteiger partial charge in [-0.3, -0.25) is 25.1 Å². The van der Waals surface area contributed by atoms with E-state index in [1.807, 2.05) is 0 Å². The number of hydrogen-bond acceptors (Lipinski definition) is 10. The highest BCUT2D eigenvalue weighted by Gasteiger charge is 2.03. The van der Waals surface area contributed by atoms with Gasteiger partial charge in [0, 0.05) is 24.6 Å². The quantitative estimate of drug-likeness (QED) is 0.583. The molecule has 1 aromatic carbocycles. The summed E-state index contributed by atoms with van der Waals surface area (Å²) < 4.78 is 5.51. The van der Waals surface area contributed by atoms with E-state index in [2.05, 4.69) is 35.5 Å². The highest BCUT2D eigenvalue weighted by atomic mass is 32.1. The summed E-state index contributed by atoms with van der Waals surface area (Å²) in [5.74, 6) is 1.14. The van der Waals surface area contributed by atoms with Crippen LogP contribution >= 0.6 is 11.5 Å². The van der Waals surface area contributed by atoms with E-state index in [1.165, 1.54) is 16.8 Å². The lowest BCUT2D eigenvalue weighted by Gasteiger charge is -1.98. The molecule has 0 unspecified atom stereocenters. The molecule has 2 heterocycles. The van der Waals surface area contributed by atoms with E-state index in [0.29, 0.717) is 16.8 Å². The number of nitrogens with one attached hydrogen (secondary N) is 2. The lowest BCUT2D eigenvalue weighted by atomic mass is 10.3. The summed E-state index contributed by atoms with van der Waals surface area (Å²) in [5.41, 5.74) is 4.19. The predicted octanol–water partition coefficient (Wildman–Crippen LogP) is -0.968. The molecular weight excluding hydrogens is 332 g/mol. The molecule has 0 aliphatic heterocycles. The standard InChI is InChI=1S/C13H12N8O2S/c1-7-15-13(24-20-7)19-16-8-3-4-9(22)11(12(8)23)18-17-10-5-6-14-21(10)2/h3-6,17H,1-2H3,(H,15,19,20). The van der Waals surface area contributed by atoms with Crippen LogP contribution in [0.1, 0.15) is 5.82 Å². The number of rotatable bonds is 4. The van der Waals surface area contributed by atoms with Gasteiger partial charge in [0.2, 0.25) is 16.0 Å². The van der Waals surface area contributed by atoms with Crippen molar-refractivity contribution in [3.63, 3.8) is 0 Å². The first kappa shape index (κ1) is 15.7. The van der Waals surface area contributed by atoms with Crippen LogP contribution in [-0.2, 0) is 7.05 Å². The Labute approximate surface area is 138 Å². The molecule has 10 nitrogen and oxygen atoms in total. The van der Waals surface area contributed by atoms with Crippen LogP contribution in [0.3, 0.4) is 0 Å². The van der Waals surface area contributed by atoms with Crippen LogP contribution in [0.25, 0.3) is 0 Å². The number of hydrogen-bond donors (Lipinski definition) is 2. The minimum Gasteiger partial charge on any atom is -0.287 e. The Morgan fingerprint density at radius 1 is 1.17 bits per heavy atom. The van der Waals surface area contributed by atoms with E-state index in [9.17, 15) is 9.59 Å². The molecule has 0 fully saturated rings. The summed E-state index contributed by atoms with van der Waals surface area (Å²) in [7, 11) is 1.70. The number of anilines is 2. The summed E-state index contributed by atoms with van der Waals surface area (Å²) in [5, 5.41) is 12.0. The summed E-state index contributed by atoms with van der Waals surface area (Å²) in [6, 6.07) is 4.22. The lowest BCUT2D eigenvalue weighted by Crippen LogP contribution is -2.48. The maximum Gasteiger partial charge on any atom is 0.237 e. The molecule has 2 N–H and O–H groups in total. The second-order valence-corrected chi connectivity index (χ2v) is 5.45. The first-order valence-corrected chi connectivity index (χ1v) is 7.55. The summed E-state index contributed by atoms with van der Waals surface area (Å²) >= 11 is 1.12. The van der Waals surface area contributed by atoms with E-state index in [0.717, 1.165) is 11.5 Å². The van der Waals surface area contributed by atoms with Crippen LogP contribution in [0.2, 0.25) is 0 Å². The maximum atomic E-state index is 12.3. The van der Waals surface area contributed by atoms with Gasteiger partial charge in [0.05, 0.1) is 6.20 Å². The topological polar surface area (TPSA) is 127 Å². The second kappa shape index (κ2) is 6.50. The van der Waals surface area contributed by atoms with Crippen molar-refractivity contribution in [2.24, 2.45) is 17.3 Å². The molecule has 11 heteroatoms. The van der Waals surface area contributed by atoms with Crippen molar-refractivity contribution in [2.75, 3.05) is 10.9 Å². The molecule has 3 aromatic rings. The summed E-state index contributed by atoms with van der Waals surface area (Å²) in [6.45, 7) is 1.74. The highest BCUT2D eigenvalue weighted by Crippen LogP contribution is 2.08. The minimum absolute atomic E-state index is 0.0491. The second-order valence-electron chi connectivity index (χ2n) is 4.69. The van der Waals surface area contributed by atoms with Crippen molar-refractivity contribution in [3.8, 4) is 0 Å². The van der Waals surface area contributed by atoms with E-state index in [1.54, 1.807) is 26.2 Å². The molecule has 122 valence electrons. The van der Waals surface area contributed by atoms with Gasteiger partial charge in [0.15, 0.2) is 5.36 Å². The van der Waals surface area contributed by atoms with Gasteiger partial charge in [-0.1, -0.05) is 0 Å². The van der Waals surface area contributed by atoms with Gasteiger partial charge in [0.1, 0.15) is 17.0 Å². The van der Waals surface area contributed by atoms with Crippen molar-refractivity contribution in [1.82, 2.24) is 19.1 Å². The zero-order valence-corrected chi connectivity index (χ0v) is 13.5. The Morgan fingerprint density at radius 2 is 2.00 bits per heavy atom. The third kappa shape index (κ3) is 3.25. The molecule has 0 atom stereocenters. The Kier molecular flexibility index (Phi) is 4.24. The Balaban J connectivity index is 1.97. The van der Waals surface area contributed by atoms with Gasteiger partial charge < -0.3 is 0 Å². The Morgan fingerprint density at radius 3 is 2.67 bits per heavy atom. The SMILES string of the molecule is Cc1nsc(NN=c2ccc(=O)c(=NNc3ccnn3C)c2=O)n1.